The van der Waals surface area contributed by atoms with Crippen LogP contribution >= 0.6 is 22.9 Å². The third-order valence-electron chi connectivity index (χ3n) is 2.30. The number of carbonyl (C=O) groups is 1. The fraction of sp³-hybridized carbons (Fsp3) is 0.0833. The lowest BCUT2D eigenvalue weighted by Gasteiger charge is -2.02. The molecule has 0 atom stereocenters. The highest BCUT2D eigenvalue weighted by Gasteiger charge is 2.15. The Bertz CT molecular complexity index is 592. The Morgan fingerprint density at radius 1 is 1.41 bits per heavy atom. The Morgan fingerprint density at radius 2 is 2.12 bits per heavy atom. The van der Waals surface area contributed by atoms with Crippen LogP contribution in [0.4, 0.5) is 4.39 Å². The maximum absolute atomic E-state index is 13.2. The summed E-state index contributed by atoms with van der Waals surface area (Å²) in [6.07, 6.45) is 0. The number of rotatable bonds is 2. The van der Waals surface area contributed by atoms with Gasteiger partial charge in [-0.2, -0.15) is 0 Å². The van der Waals surface area contributed by atoms with E-state index in [1.165, 1.54) is 18.2 Å². The lowest BCUT2D eigenvalue weighted by atomic mass is 10.1. The number of hydrogen-bond acceptors (Lipinski definition) is 2. The predicted octanol–water partition coefficient (Wildman–Crippen LogP) is 4.21. The molecule has 0 saturated carbocycles. The molecule has 0 radical (unpaired) electrons. The van der Waals surface area contributed by atoms with Gasteiger partial charge in [-0.15, -0.1) is 11.3 Å². The van der Waals surface area contributed by atoms with Crippen LogP contribution in [0.15, 0.2) is 24.3 Å². The van der Waals surface area contributed by atoms with Crippen molar-refractivity contribution in [3.05, 3.63) is 45.5 Å². The topological polar surface area (TPSA) is 37.3 Å². The normalized spacial score (nSPS) is 10.5. The average molecular weight is 271 g/mol. The summed E-state index contributed by atoms with van der Waals surface area (Å²) in [7, 11) is 0. The van der Waals surface area contributed by atoms with Crippen LogP contribution < -0.4 is 0 Å². The Balaban J connectivity index is 2.60. The van der Waals surface area contributed by atoms with E-state index < -0.39 is 11.8 Å². The first kappa shape index (κ1) is 12.1. The molecule has 0 amide bonds. The highest BCUT2D eigenvalue weighted by atomic mass is 35.5. The van der Waals surface area contributed by atoms with Crippen molar-refractivity contribution in [1.82, 2.24) is 0 Å². The second kappa shape index (κ2) is 4.47. The molecule has 88 valence electrons. The number of carboxylic acids is 1. The van der Waals surface area contributed by atoms with Crippen molar-refractivity contribution in [2.24, 2.45) is 0 Å². The Labute approximate surface area is 106 Å². The average Bonchev–Trinajstić information content (AvgIpc) is 2.64. The molecule has 0 unspecified atom stereocenters. The van der Waals surface area contributed by atoms with Gasteiger partial charge in [0.2, 0.25) is 0 Å². The van der Waals surface area contributed by atoms with Crippen LogP contribution in [-0.4, -0.2) is 11.1 Å². The van der Waals surface area contributed by atoms with E-state index in [0.717, 1.165) is 16.9 Å². The zero-order valence-corrected chi connectivity index (χ0v) is 10.4. The molecule has 1 heterocycles. The van der Waals surface area contributed by atoms with E-state index in [-0.39, 0.29) is 4.88 Å². The molecule has 0 spiro atoms. The largest absolute Gasteiger partial charge is 0.477 e. The summed E-state index contributed by atoms with van der Waals surface area (Å²) >= 11 is 7.08. The maximum atomic E-state index is 13.2. The second-order valence-corrected chi connectivity index (χ2v) is 5.01. The van der Waals surface area contributed by atoms with Gasteiger partial charge < -0.3 is 5.11 Å². The predicted molar refractivity (Wildman–Crippen MR) is 66.4 cm³/mol. The van der Waals surface area contributed by atoms with Gasteiger partial charge in [-0.25, -0.2) is 9.18 Å². The number of aromatic carboxylic acids is 1. The molecule has 0 aliphatic carbocycles. The minimum Gasteiger partial charge on any atom is -0.477 e. The molecule has 0 fully saturated rings. The maximum Gasteiger partial charge on any atom is 0.345 e. The molecule has 1 aromatic heterocycles. The molecule has 2 aromatic rings. The minimum atomic E-state index is -0.989. The quantitative estimate of drug-likeness (QED) is 0.887. The zero-order valence-electron chi connectivity index (χ0n) is 8.83. The van der Waals surface area contributed by atoms with Crippen molar-refractivity contribution >= 4 is 28.9 Å². The van der Waals surface area contributed by atoms with Gasteiger partial charge in [0, 0.05) is 15.5 Å². The van der Waals surface area contributed by atoms with E-state index in [2.05, 4.69) is 0 Å². The van der Waals surface area contributed by atoms with Crippen molar-refractivity contribution < 1.29 is 14.3 Å². The van der Waals surface area contributed by atoms with Gasteiger partial charge in [0.25, 0.3) is 0 Å². The third kappa shape index (κ3) is 2.33. The summed E-state index contributed by atoms with van der Waals surface area (Å²) < 4.78 is 13.2. The molecule has 17 heavy (non-hydrogen) atoms. The molecular weight excluding hydrogens is 263 g/mol. The lowest BCUT2D eigenvalue weighted by Crippen LogP contribution is -1.89. The van der Waals surface area contributed by atoms with E-state index in [0.29, 0.717) is 15.5 Å². The van der Waals surface area contributed by atoms with Gasteiger partial charge in [0.1, 0.15) is 10.7 Å². The molecule has 0 bridgehead atoms. The molecular formula is C12H8ClFO2S. The number of aryl methyl sites for hydroxylation is 1. The Kier molecular flexibility index (Phi) is 3.17. The smallest absolute Gasteiger partial charge is 0.345 e. The second-order valence-electron chi connectivity index (χ2n) is 3.55. The number of carboxylic acid groups (broad SMARTS) is 1. The van der Waals surface area contributed by atoms with E-state index >= 15 is 0 Å². The monoisotopic (exact) mass is 270 g/mol. The molecule has 1 aromatic carbocycles. The van der Waals surface area contributed by atoms with Crippen LogP contribution in [-0.2, 0) is 0 Å². The van der Waals surface area contributed by atoms with Crippen LogP contribution in [0.5, 0.6) is 0 Å². The van der Waals surface area contributed by atoms with Crippen LogP contribution in [0.1, 0.15) is 15.2 Å². The summed E-state index contributed by atoms with van der Waals surface area (Å²) in [5.74, 6) is -1.38. The number of benzene rings is 1. The first-order valence-electron chi connectivity index (χ1n) is 4.78. The Morgan fingerprint density at radius 3 is 2.71 bits per heavy atom. The van der Waals surface area contributed by atoms with Crippen LogP contribution in [0.25, 0.3) is 10.4 Å². The zero-order chi connectivity index (χ0) is 12.6. The fourth-order valence-electron chi connectivity index (χ4n) is 1.53. The molecule has 2 rings (SSSR count). The first-order valence-corrected chi connectivity index (χ1v) is 5.97. The SMILES string of the molecule is Cc1cc(C(=O)O)sc1-c1cc(F)ccc1Cl. The van der Waals surface area contributed by atoms with Crippen molar-refractivity contribution in [3.8, 4) is 10.4 Å². The third-order valence-corrected chi connectivity index (χ3v) is 3.89. The molecule has 0 aliphatic heterocycles. The number of hydrogen-bond donors (Lipinski definition) is 1. The summed E-state index contributed by atoms with van der Waals surface area (Å²) in [4.78, 5) is 11.8. The van der Waals surface area contributed by atoms with Gasteiger partial charge in [-0.05, 0) is 36.8 Å². The summed E-state index contributed by atoms with van der Waals surface area (Å²) in [5, 5.41) is 9.31. The van der Waals surface area contributed by atoms with Gasteiger partial charge >= 0.3 is 5.97 Å². The van der Waals surface area contributed by atoms with Crippen molar-refractivity contribution in [2.45, 2.75) is 6.92 Å². The van der Waals surface area contributed by atoms with E-state index in [1.54, 1.807) is 13.0 Å². The number of halogens is 2. The van der Waals surface area contributed by atoms with Crippen molar-refractivity contribution in [1.29, 1.82) is 0 Å². The van der Waals surface area contributed by atoms with Gasteiger partial charge in [-0.1, -0.05) is 11.6 Å². The summed E-state index contributed by atoms with van der Waals surface area (Å²) in [6, 6.07) is 5.61. The number of thiophene rings is 1. The van der Waals surface area contributed by atoms with Crippen LogP contribution in [0.3, 0.4) is 0 Å². The van der Waals surface area contributed by atoms with Gasteiger partial charge in [0.05, 0.1) is 0 Å². The highest BCUT2D eigenvalue weighted by Crippen LogP contribution is 2.36. The molecule has 2 nitrogen and oxygen atoms in total. The molecule has 5 heteroatoms. The van der Waals surface area contributed by atoms with Crippen molar-refractivity contribution in [2.75, 3.05) is 0 Å². The lowest BCUT2D eigenvalue weighted by molar-refractivity contribution is 0.0702. The van der Waals surface area contributed by atoms with E-state index in [9.17, 15) is 9.18 Å². The molecule has 0 aliphatic rings. The first-order chi connectivity index (χ1) is 7.99. The minimum absolute atomic E-state index is 0.220. The fourth-order valence-corrected chi connectivity index (χ4v) is 2.84. The Hall–Kier alpha value is -1.39. The van der Waals surface area contributed by atoms with Gasteiger partial charge in [0.15, 0.2) is 0 Å². The molecule has 0 saturated heterocycles. The highest BCUT2D eigenvalue weighted by molar-refractivity contribution is 7.17. The van der Waals surface area contributed by atoms with Crippen LogP contribution in [0.2, 0.25) is 5.02 Å². The molecule has 1 N–H and O–H groups in total. The van der Waals surface area contributed by atoms with Crippen molar-refractivity contribution in [3.63, 3.8) is 0 Å². The summed E-state index contributed by atoms with van der Waals surface area (Å²) in [6.45, 7) is 1.78. The van der Waals surface area contributed by atoms with E-state index in [1.807, 2.05) is 0 Å². The standard InChI is InChI=1S/C12H8ClFO2S/c1-6-4-10(12(15)16)17-11(6)8-5-7(14)2-3-9(8)13/h2-5H,1H3,(H,15,16). The summed E-state index contributed by atoms with van der Waals surface area (Å²) in [5.41, 5.74) is 1.31. The van der Waals surface area contributed by atoms with E-state index in [4.69, 9.17) is 16.7 Å². The van der Waals surface area contributed by atoms with Gasteiger partial charge in [-0.3, -0.25) is 0 Å². The van der Waals surface area contributed by atoms with Crippen LogP contribution in [0, 0.1) is 12.7 Å².